The largest absolute Gasteiger partial charge is 0.340 e. The van der Waals surface area contributed by atoms with E-state index in [0.29, 0.717) is 25.1 Å². The maximum Gasteiger partial charge on any atom is 0.254 e. The zero-order valence-corrected chi connectivity index (χ0v) is 17.7. The van der Waals surface area contributed by atoms with Crippen LogP contribution in [0.15, 0.2) is 53.0 Å². The molecule has 2 aromatic rings. The summed E-state index contributed by atoms with van der Waals surface area (Å²) in [6.07, 6.45) is 0.339. The first kappa shape index (κ1) is 20.6. The molecule has 1 aliphatic rings. The molecule has 2 aromatic carbocycles. The zero-order valence-electron chi connectivity index (χ0n) is 16.2. The molecule has 0 unspecified atom stereocenters. The van der Waals surface area contributed by atoms with Crippen molar-refractivity contribution in [2.24, 2.45) is 0 Å². The van der Waals surface area contributed by atoms with E-state index < -0.39 is 0 Å². The topological polar surface area (TPSA) is 52.7 Å². The molecule has 5 nitrogen and oxygen atoms in total. The normalized spacial score (nSPS) is 14.0. The van der Waals surface area contributed by atoms with Crippen molar-refractivity contribution in [3.8, 4) is 0 Å². The lowest BCUT2D eigenvalue weighted by Gasteiger charge is -2.29. The number of carbonyl (C=O) groups excluding carboxylic acids is 2. The minimum Gasteiger partial charge on any atom is -0.340 e. The van der Waals surface area contributed by atoms with Crippen LogP contribution in [0.25, 0.3) is 0 Å². The second-order valence-electron chi connectivity index (χ2n) is 7.11. The predicted octanol–water partition coefficient (Wildman–Crippen LogP) is 3.22. The van der Waals surface area contributed by atoms with Crippen molar-refractivity contribution < 1.29 is 9.59 Å². The van der Waals surface area contributed by atoms with Gasteiger partial charge in [-0.1, -0.05) is 51.8 Å². The fraction of sp³-hybridized carbons (Fsp3) is 0.364. The first-order chi connectivity index (χ1) is 13.5. The van der Waals surface area contributed by atoms with E-state index in [9.17, 15) is 9.59 Å². The lowest BCUT2D eigenvalue weighted by atomic mass is 10.1. The summed E-state index contributed by atoms with van der Waals surface area (Å²) in [6.45, 7) is 6.06. The number of hydrogen-bond acceptors (Lipinski definition) is 3. The monoisotopic (exact) mass is 443 g/mol. The Balaban J connectivity index is 1.73. The molecule has 0 spiro atoms. The van der Waals surface area contributed by atoms with E-state index in [1.165, 1.54) is 0 Å². The van der Waals surface area contributed by atoms with Gasteiger partial charge in [-0.25, -0.2) is 0 Å². The van der Waals surface area contributed by atoms with Crippen LogP contribution in [-0.4, -0.2) is 54.3 Å². The highest BCUT2D eigenvalue weighted by Crippen LogP contribution is 2.16. The van der Waals surface area contributed by atoms with Gasteiger partial charge in [0.25, 0.3) is 5.91 Å². The summed E-state index contributed by atoms with van der Waals surface area (Å²) in [4.78, 5) is 29.4. The molecule has 28 heavy (non-hydrogen) atoms. The van der Waals surface area contributed by atoms with Crippen molar-refractivity contribution in [3.63, 3.8) is 0 Å². The van der Waals surface area contributed by atoms with Gasteiger partial charge in [0.05, 0.1) is 0 Å². The lowest BCUT2D eigenvalue weighted by molar-refractivity contribution is -0.132. The third-order valence-electron chi connectivity index (χ3n) is 4.88. The highest BCUT2D eigenvalue weighted by Gasteiger charge is 2.21. The van der Waals surface area contributed by atoms with Crippen molar-refractivity contribution in [3.05, 3.63) is 69.7 Å². The number of nitrogens with one attached hydrogen (secondary N) is 1. The summed E-state index contributed by atoms with van der Waals surface area (Å²) in [7, 11) is 0. The average molecular weight is 444 g/mol. The standard InChI is InChI=1S/C22H26BrN3O2/c1-17-4-2-5-18(14-17)16-26(22(28)19-6-3-7-20(23)15-19)11-8-21(27)25-12-9-24-10-13-25/h2-7,14-15,24H,8-13,16H2,1H3. The number of nitrogens with zero attached hydrogens (tertiary/aromatic N) is 2. The van der Waals surface area contributed by atoms with Gasteiger partial charge >= 0.3 is 0 Å². The van der Waals surface area contributed by atoms with Gasteiger partial charge in [-0.2, -0.15) is 0 Å². The number of aryl methyl sites for hydroxylation is 1. The molecule has 1 heterocycles. The Bertz CT molecular complexity index is 834. The molecule has 0 aromatic heterocycles. The fourth-order valence-electron chi connectivity index (χ4n) is 3.39. The summed E-state index contributed by atoms with van der Waals surface area (Å²) in [5.74, 6) is 0.0497. The molecule has 0 radical (unpaired) electrons. The Morgan fingerprint density at radius 3 is 2.57 bits per heavy atom. The molecule has 1 fully saturated rings. The van der Waals surface area contributed by atoms with Crippen LogP contribution in [0.1, 0.15) is 27.9 Å². The molecule has 6 heteroatoms. The summed E-state index contributed by atoms with van der Waals surface area (Å²) < 4.78 is 0.866. The molecule has 0 aliphatic carbocycles. The average Bonchev–Trinajstić information content (AvgIpc) is 2.71. The molecule has 0 atom stereocenters. The number of hydrogen-bond donors (Lipinski definition) is 1. The van der Waals surface area contributed by atoms with Gasteiger partial charge in [-0.05, 0) is 30.7 Å². The minimum absolute atomic E-state index is 0.0593. The van der Waals surface area contributed by atoms with Gasteiger partial charge in [0.1, 0.15) is 0 Å². The number of carbonyl (C=O) groups is 2. The molecule has 2 amide bonds. The summed E-state index contributed by atoms with van der Waals surface area (Å²) in [6, 6.07) is 15.5. The number of piperazine rings is 1. The Hall–Kier alpha value is -2.18. The van der Waals surface area contributed by atoms with Gasteiger partial charge in [0.15, 0.2) is 0 Å². The van der Waals surface area contributed by atoms with Crippen LogP contribution in [0.4, 0.5) is 0 Å². The molecule has 3 rings (SSSR count). The van der Waals surface area contributed by atoms with Crippen molar-refractivity contribution in [2.75, 3.05) is 32.7 Å². The van der Waals surface area contributed by atoms with Crippen molar-refractivity contribution >= 4 is 27.7 Å². The predicted molar refractivity (Wildman–Crippen MR) is 114 cm³/mol. The van der Waals surface area contributed by atoms with E-state index in [0.717, 1.165) is 41.8 Å². The number of halogens is 1. The Kier molecular flexibility index (Phi) is 7.23. The maximum absolute atomic E-state index is 13.1. The third kappa shape index (κ3) is 5.66. The van der Waals surface area contributed by atoms with Crippen LogP contribution in [-0.2, 0) is 11.3 Å². The SMILES string of the molecule is Cc1cccc(CN(CCC(=O)N2CCNCC2)C(=O)c2cccc(Br)c2)c1. The van der Waals surface area contributed by atoms with Crippen molar-refractivity contribution in [1.29, 1.82) is 0 Å². The lowest BCUT2D eigenvalue weighted by Crippen LogP contribution is -2.47. The Morgan fingerprint density at radius 2 is 1.86 bits per heavy atom. The van der Waals surface area contributed by atoms with Gasteiger partial charge in [0.2, 0.25) is 5.91 Å². The van der Waals surface area contributed by atoms with E-state index in [1.807, 2.05) is 54.3 Å². The van der Waals surface area contributed by atoms with Crippen molar-refractivity contribution in [2.45, 2.75) is 19.9 Å². The highest BCUT2D eigenvalue weighted by atomic mass is 79.9. The molecule has 1 N–H and O–H groups in total. The number of amides is 2. The number of rotatable bonds is 6. The van der Waals surface area contributed by atoms with E-state index in [2.05, 4.69) is 27.3 Å². The van der Waals surface area contributed by atoms with Gasteiger partial charge in [-0.15, -0.1) is 0 Å². The smallest absolute Gasteiger partial charge is 0.254 e. The van der Waals surface area contributed by atoms with E-state index in [1.54, 1.807) is 4.90 Å². The summed E-state index contributed by atoms with van der Waals surface area (Å²) >= 11 is 3.43. The van der Waals surface area contributed by atoms with Crippen LogP contribution in [0, 0.1) is 6.92 Å². The summed E-state index contributed by atoms with van der Waals surface area (Å²) in [5, 5.41) is 3.25. The van der Waals surface area contributed by atoms with Gasteiger partial charge in [-0.3, -0.25) is 9.59 Å². The molecular formula is C22H26BrN3O2. The minimum atomic E-state index is -0.0593. The third-order valence-corrected chi connectivity index (χ3v) is 5.37. The van der Waals surface area contributed by atoms with E-state index in [-0.39, 0.29) is 11.8 Å². The maximum atomic E-state index is 13.1. The summed E-state index contributed by atoms with van der Waals surface area (Å²) in [5.41, 5.74) is 2.85. The quantitative estimate of drug-likeness (QED) is 0.745. The second-order valence-corrected chi connectivity index (χ2v) is 8.02. The second kappa shape index (κ2) is 9.85. The highest BCUT2D eigenvalue weighted by molar-refractivity contribution is 9.10. The zero-order chi connectivity index (χ0) is 19.9. The fourth-order valence-corrected chi connectivity index (χ4v) is 3.79. The molecule has 1 saturated heterocycles. The van der Waals surface area contributed by atoms with Gasteiger partial charge < -0.3 is 15.1 Å². The van der Waals surface area contributed by atoms with E-state index in [4.69, 9.17) is 0 Å². The first-order valence-corrected chi connectivity index (χ1v) is 10.4. The Labute approximate surface area is 174 Å². The molecule has 0 saturated carbocycles. The molecule has 148 valence electrons. The van der Waals surface area contributed by atoms with Gasteiger partial charge in [0, 0.05) is 55.7 Å². The van der Waals surface area contributed by atoms with Crippen LogP contribution >= 0.6 is 15.9 Å². The van der Waals surface area contributed by atoms with Crippen LogP contribution < -0.4 is 5.32 Å². The number of benzene rings is 2. The van der Waals surface area contributed by atoms with E-state index >= 15 is 0 Å². The van der Waals surface area contributed by atoms with Crippen molar-refractivity contribution in [1.82, 2.24) is 15.1 Å². The van der Waals surface area contributed by atoms with Crippen LogP contribution in [0.2, 0.25) is 0 Å². The van der Waals surface area contributed by atoms with Crippen LogP contribution in [0.3, 0.4) is 0 Å². The Morgan fingerprint density at radius 1 is 1.11 bits per heavy atom. The van der Waals surface area contributed by atoms with Crippen LogP contribution in [0.5, 0.6) is 0 Å². The molecular weight excluding hydrogens is 418 g/mol. The first-order valence-electron chi connectivity index (χ1n) is 9.62. The molecule has 1 aliphatic heterocycles. The molecule has 0 bridgehead atoms.